The van der Waals surface area contributed by atoms with E-state index in [1.165, 1.54) is 0 Å². The molecule has 0 bridgehead atoms. The molecule has 0 saturated heterocycles. The van der Waals surface area contributed by atoms with Gasteiger partial charge < -0.3 is 4.74 Å². The molecule has 3 heteroatoms. The van der Waals surface area contributed by atoms with Crippen molar-refractivity contribution in [2.75, 3.05) is 6.54 Å². The zero-order valence-electron chi connectivity index (χ0n) is 10.3. The molecule has 0 radical (unpaired) electrons. The first-order chi connectivity index (χ1) is 6.81. The van der Waals surface area contributed by atoms with E-state index in [-0.39, 0.29) is 12.1 Å². The van der Waals surface area contributed by atoms with Gasteiger partial charge in [-0.2, -0.15) is 0 Å². The summed E-state index contributed by atoms with van der Waals surface area (Å²) in [4.78, 5) is 13.3. The number of carbonyl (C=O) groups excluding carboxylic acids is 1. The van der Waals surface area contributed by atoms with Crippen LogP contribution in [0.1, 0.15) is 41.0 Å². The van der Waals surface area contributed by atoms with Crippen LogP contribution in [0.4, 0.5) is 4.79 Å². The minimum Gasteiger partial charge on any atom is -0.444 e. The van der Waals surface area contributed by atoms with E-state index in [0.29, 0.717) is 6.54 Å². The molecule has 1 unspecified atom stereocenters. The van der Waals surface area contributed by atoms with Crippen molar-refractivity contribution in [3.63, 3.8) is 0 Å². The van der Waals surface area contributed by atoms with Crippen LogP contribution in [0.15, 0.2) is 0 Å². The molecule has 0 aromatic heterocycles. The summed E-state index contributed by atoms with van der Waals surface area (Å²) in [6.07, 6.45) is 5.83. The molecule has 15 heavy (non-hydrogen) atoms. The number of rotatable bonds is 3. The summed E-state index contributed by atoms with van der Waals surface area (Å²) in [6, 6.07) is -0.222. The van der Waals surface area contributed by atoms with Gasteiger partial charge in [0.2, 0.25) is 0 Å². The highest BCUT2D eigenvalue weighted by atomic mass is 16.6. The Hall–Kier alpha value is -1.17. The molecule has 0 aliphatic carbocycles. The third-order valence-corrected chi connectivity index (χ3v) is 1.80. The van der Waals surface area contributed by atoms with Gasteiger partial charge in [-0.25, -0.2) is 4.79 Å². The van der Waals surface area contributed by atoms with Crippen molar-refractivity contribution >= 4 is 6.09 Å². The van der Waals surface area contributed by atoms with Crippen LogP contribution in [0.2, 0.25) is 0 Å². The van der Waals surface area contributed by atoms with Crippen LogP contribution < -0.4 is 0 Å². The zero-order valence-corrected chi connectivity index (χ0v) is 10.3. The van der Waals surface area contributed by atoms with Crippen LogP contribution in [-0.4, -0.2) is 29.2 Å². The molecule has 0 aliphatic rings. The molecular weight excluding hydrogens is 190 g/mol. The third kappa shape index (κ3) is 5.31. The van der Waals surface area contributed by atoms with E-state index in [1.807, 2.05) is 34.6 Å². The highest BCUT2D eigenvalue weighted by molar-refractivity contribution is 5.69. The molecule has 0 aromatic rings. The molecule has 86 valence electrons. The number of amides is 1. The maximum atomic E-state index is 11.8. The molecule has 0 aliphatic heterocycles. The second-order valence-corrected chi connectivity index (χ2v) is 4.52. The van der Waals surface area contributed by atoms with Gasteiger partial charge in [0.25, 0.3) is 0 Å². The lowest BCUT2D eigenvalue weighted by Crippen LogP contribution is -2.42. The van der Waals surface area contributed by atoms with Crippen molar-refractivity contribution < 1.29 is 9.53 Å². The van der Waals surface area contributed by atoms with Crippen molar-refractivity contribution in [2.45, 2.75) is 52.7 Å². The molecule has 0 aromatic carbocycles. The Morgan fingerprint density at radius 1 is 1.53 bits per heavy atom. The second-order valence-electron chi connectivity index (χ2n) is 4.52. The topological polar surface area (TPSA) is 29.5 Å². The Morgan fingerprint density at radius 3 is 2.40 bits per heavy atom. The average molecular weight is 211 g/mol. The fourth-order valence-electron chi connectivity index (χ4n) is 1.09. The van der Waals surface area contributed by atoms with Gasteiger partial charge in [-0.3, -0.25) is 4.90 Å². The molecule has 0 heterocycles. The molecule has 0 N–H and O–H groups in total. The minimum atomic E-state index is -0.475. The third-order valence-electron chi connectivity index (χ3n) is 1.80. The summed E-state index contributed by atoms with van der Waals surface area (Å²) in [5.41, 5.74) is -0.475. The summed E-state index contributed by atoms with van der Waals surface area (Å²) in [5.74, 6) is 2.54. The molecule has 1 amide bonds. The van der Waals surface area contributed by atoms with Crippen molar-refractivity contribution in [1.29, 1.82) is 0 Å². The van der Waals surface area contributed by atoms with E-state index in [1.54, 1.807) is 4.90 Å². The van der Waals surface area contributed by atoms with Crippen LogP contribution in [0.3, 0.4) is 0 Å². The predicted octanol–water partition coefficient (Wildman–Crippen LogP) is 2.66. The summed E-state index contributed by atoms with van der Waals surface area (Å²) in [6.45, 7) is 9.97. The molecule has 0 fully saturated rings. The van der Waals surface area contributed by atoms with Gasteiger partial charge in [-0.1, -0.05) is 12.8 Å². The largest absolute Gasteiger partial charge is 0.444 e. The van der Waals surface area contributed by atoms with Crippen LogP contribution in [0, 0.1) is 12.3 Å². The number of hydrogen-bond donors (Lipinski definition) is 0. The standard InChI is InChI=1S/C12H21NO2/c1-7-9-13(10(3)8-2)11(14)15-12(4,5)6/h2,10H,7,9H2,1,3-6H3. The quantitative estimate of drug-likeness (QED) is 0.672. The van der Waals surface area contributed by atoms with Gasteiger partial charge in [0.05, 0.1) is 6.04 Å². The lowest BCUT2D eigenvalue weighted by Gasteiger charge is -2.29. The number of ether oxygens (including phenoxy) is 1. The van der Waals surface area contributed by atoms with E-state index < -0.39 is 5.60 Å². The van der Waals surface area contributed by atoms with E-state index in [4.69, 9.17) is 11.2 Å². The van der Waals surface area contributed by atoms with Crippen molar-refractivity contribution in [3.05, 3.63) is 0 Å². The lowest BCUT2D eigenvalue weighted by molar-refractivity contribution is 0.0218. The highest BCUT2D eigenvalue weighted by Crippen LogP contribution is 2.12. The smallest absolute Gasteiger partial charge is 0.411 e. The highest BCUT2D eigenvalue weighted by Gasteiger charge is 2.24. The first kappa shape index (κ1) is 13.8. The van der Waals surface area contributed by atoms with Crippen LogP contribution >= 0.6 is 0 Å². The summed E-state index contributed by atoms with van der Waals surface area (Å²) >= 11 is 0. The maximum Gasteiger partial charge on any atom is 0.411 e. The SMILES string of the molecule is C#CC(C)N(CCC)C(=O)OC(C)(C)C. The normalized spacial score (nSPS) is 12.8. The second kappa shape index (κ2) is 5.65. The van der Waals surface area contributed by atoms with Crippen molar-refractivity contribution in [3.8, 4) is 12.3 Å². The van der Waals surface area contributed by atoms with Gasteiger partial charge in [0, 0.05) is 6.54 Å². The van der Waals surface area contributed by atoms with Gasteiger partial charge >= 0.3 is 6.09 Å². The number of carbonyl (C=O) groups is 1. The van der Waals surface area contributed by atoms with E-state index in [2.05, 4.69) is 5.92 Å². The number of terminal acetylenes is 1. The van der Waals surface area contributed by atoms with E-state index in [0.717, 1.165) is 6.42 Å². The minimum absolute atomic E-state index is 0.222. The molecule has 1 atom stereocenters. The average Bonchev–Trinajstić information content (AvgIpc) is 2.10. The first-order valence-electron chi connectivity index (χ1n) is 5.27. The lowest BCUT2D eigenvalue weighted by atomic mass is 10.2. The monoisotopic (exact) mass is 211 g/mol. The van der Waals surface area contributed by atoms with Crippen LogP contribution in [-0.2, 0) is 4.74 Å². The summed E-state index contributed by atoms with van der Waals surface area (Å²) in [7, 11) is 0. The first-order valence-corrected chi connectivity index (χ1v) is 5.27. The van der Waals surface area contributed by atoms with E-state index >= 15 is 0 Å². The molecular formula is C12H21NO2. The van der Waals surface area contributed by atoms with Gasteiger partial charge in [0.1, 0.15) is 5.60 Å². The number of nitrogens with zero attached hydrogens (tertiary/aromatic N) is 1. The molecule has 0 spiro atoms. The van der Waals surface area contributed by atoms with Gasteiger partial charge in [-0.15, -0.1) is 6.42 Å². The Labute approximate surface area is 92.8 Å². The fourth-order valence-corrected chi connectivity index (χ4v) is 1.09. The molecule has 3 nitrogen and oxygen atoms in total. The van der Waals surface area contributed by atoms with Gasteiger partial charge in [0.15, 0.2) is 0 Å². The summed E-state index contributed by atoms with van der Waals surface area (Å²) in [5, 5.41) is 0. The van der Waals surface area contributed by atoms with Gasteiger partial charge in [-0.05, 0) is 34.1 Å². The van der Waals surface area contributed by atoms with Crippen LogP contribution in [0.5, 0.6) is 0 Å². The Bertz CT molecular complexity index is 247. The predicted molar refractivity (Wildman–Crippen MR) is 61.5 cm³/mol. The number of hydrogen-bond acceptors (Lipinski definition) is 2. The fraction of sp³-hybridized carbons (Fsp3) is 0.750. The molecule has 0 saturated carbocycles. The Balaban J connectivity index is 4.51. The van der Waals surface area contributed by atoms with E-state index in [9.17, 15) is 4.79 Å². The Kier molecular flexibility index (Phi) is 5.21. The zero-order chi connectivity index (χ0) is 12.1. The van der Waals surface area contributed by atoms with Crippen LogP contribution in [0.25, 0.3) is 0 Å². The molecule has 0 rings (SSSR count). The maximum absolute atomic E-state index is 11.8. The summed E-state index contributed by atoms with van der Waals surface area (Å²) < 4.78 is 5.27. The Morgan fingerprint density at radius 2 is 2.07 bits per heavy atom. The van der Waals surface area contributed by atoms with Crippen molar-refractivity contribution in [1.82, 2.24) is 4.90 Å². The van der Waals surface area contributed by atoms with Crippen molar-refractivity contribution in [2.24, 2.45) is 0 Å².